The van der Waals surface area contributed by atoms with Crippen molar-refractivity contribution in [1.82, 2.24) is 9.97 Å². The molecule has 0 fully saturated rings. The van der Waals surface area contributed by atoms with Gasteiger partial charge in [0.1, 0.15) is 11.6 Å². The topological polar surface area (TPSA) is 142 Å². The number of hydrogen-bond acceptors (Lipinski definition) is 7. The summed E-state index contributed by atoms with van der Waals surface area (Å²) in [6, 6.07) is 13.4. The first-order chi connectivity index (χ1) is 15.9. The van der Waals surface area contributed by atoms with E-state index in [4.69, 9.17) is 4.74 Å². The third kappa shape index (κ3) is 4.59. The number of Topliss-reactive ketones (excluding diaryl/α,β-unsaturated/α-hetero) is 1. The normalized spacial score (nSPS) is 14.6. The number of methoxy groups -OCH3 is 1. The number of ether oxygens (including phenoxy) is 1. The van der Waals surface area contributed by atoms with Crippen LogP contribution in [0.5, 0.6) is 5.75 Å². The van der Waals surface area contributed by atoms with Gasteiger partial charge in [0, 0.05) is 17.7 Å². The molecule has 1 aromatic heterocycles. The Balaban J connectivity index is 1.61. The van der Waals surface area contributed by atoms with Crippen molar-refractivity contribution in [1.29, 1.82) is 0 Å². The zero-order valence-corrected chi connectivity index (χ0v) is 17.9. The first kappa shape index (κ1) is 21.8. The molecule has 4 N–H and O–H groups in total. The lowest BCUT2D eigenvalue weighted by Crippen LogP contribution is -2.36. The largest absolute Gasteiger partial charge is 0.495 e. The van der Waals surface area contributed by atoms with Gasteiger partial charge < -0.3 is 20.7 Å². The van der Waals surface area contributed by atoms with Gasteiger partial charge in [0.05, 0.1) is 24.3 Å². The highest BCUT2D eigenvalue weighted by Crippen LogP contribution is 2.31. The summed E-state index contributed by atoms with van der Waals surface area (Å²) < 4.78 is 5.28. The van der Waals surface area contributed by atoms with Crippen molar-refractivity contribution in [2.45, 2.75) is 19.3 Å². The third-order valence-corrected chi connectivity index (χ3v) is 5.19. The van der Waals surface area contributed by atoms with Crippen molar-refractivity contribution in [3.05, 3.63) is 70.0 Å². The molecule has 0 saturated carbocycles. The maximum atomic E-state index is 12.9. The molecule has 3 aromatic rings. The molecule has 168 valence electrons. The fourth-order valence-electron chi connectivity index (χ4n) is 3.55. The van der Waals surface area contributed by atoms with Crippen LogP contribution in [0, 0.1) is 0 Å². The van der Waals surface area contributed by atoms with Crippen LogP contribution in [0.15, 0.2) is 53.3 Å². The fourth-order valence-corrected chi connectivity index (χ4v) is 3.55. The summed E-state index contributed by atoms with van der Waals surface area (Å²) in [5, 5.41) is 8.21. The number of anilines is 4. The number of fused-ring (bicyclic) bond motifs is 1. The van der Waals surface area contributed by atoms with Gasteiger partial charge in [-0.3, -0.25) is 24.2 Å². The highest BCUT2D eigenvalue weighted by atomic mass is 16.5. The van der Waals surface area contributed by atoms with E-state index in [0.717, 1.165) is 0 Å². The highest BCUT2D eigenvalue weighted by Gasteiger charge is 2.34. The van der Waals surface area contributed by atoms with E-state index >= 15 is 0 Å². The van der Waals surface area contributed by atoms with Crippen LogP contribution in [0.4, 0.5) is 23.1 Å². The molecule has 1 atom stereocenters. The van der Waals surface area contributed by atoms with Crippen LogP contribution in [-0.4, -0.2) is 34.7 Å². The predicted octanol–water partition coefficient (Wildman–Crippen LogP) is 2.79. The average Bonchev–Trinajstić information content (AvgIpc) is 2.79. The van der Waals surface area contributed by atoms with Crippen molar-refractivity contribution < 1.29 is 19.1 Å². The van der Waals surface area contributed by atoms with E-state index in [2.05, 4.69) is 25.9 Å². The van der Waals surface area contributed by atoms with Gasteiger partial charge >= 0.3 is 0 Å². The van der Waals surface area contributed by atoms with Crippen molar-refractivity contribution in [3.8, 4) is 5.75 Å². The van der Waals surface area contributed by atoms with Crippen molar-refractivity contribution in [3.63, 3.8) is 0 Å². The summed E-state index contributed by atoms with van der Waals surface area (Å²) >= 11 is 0. The SMILES string of the molecule is COc1ccccc1Nc1nc2c(c(=O)[nH]1)C(C(=O)Nc1ccc(C(C)=O)cc1)CC(=O)N2. The van der Waals surface area contributed by atoms with Crippen LogP contribution >= 0.6 is 0 Å². The summed E-state index contributed by atoms with van der Waals surface area (Å²) in [6.45, 7) is 1.45. The molecule has 10 heteroatoms. The Morgan fingerprint density at radius 2 is 1.82 bits per heavy atom. The van der Waals surface area contributed by atoms with E-state index in [1.165, 1.54) is 14.0 Å². The molecule has 0 bridgehead atoms. The Morgan fingerprint density at radius 1 is 1.09 bits per heavy atom. The van der Waals surface area contributed by atoms with Crippen LogP contribution in [0.1, 0.15) is 35.2 Å². The molecule has 4 rings (SSSR count). The lowest BCUT2D eigenvalue weighted by molar-refractivity contribution is -0.123. The maximum absolute atomic E-state index is 12.9. The highest BCUT2D eigenvalue weighted by molar-refractivity contribution is 6.04. The molecule has 1 aliphatic heterocycles. The standard InChI is InChI=1S/C23H21N5O5/c1-12(29)13-7-9-14(10-8-13)24-21(31)15-11-18(30)26-20-19(15)22(32)28-23(27-20)25-16-5-3-4-6-17(16)33-2/h3-10,15H,11H2,1-2H3,(H,24,31)(H3,25,26,27,28,30,32). The summed E-state index contributed by atoms with van der Waals surface area (Å²) in [7, 11) is 1.51. The summed E-state index contributed by atoms with van der Waals surface area (Å²) in [4.78, 5) is 56.4. The van der Waals surface area contributed by atoms with Gasteiger partial charge in [-0.1, -0.05) is 12.1 Å². The number of ketones is 1. The first-order valence-electron chi connectivity index (χ1n) is 10.1. The molecule has 10 nitrogen and oxygen atoms in total. The molecule has 2 aromatic carbocycles. The minimum atomic E-state index is -1.03. The predicted molar refractivity (Wildman–Crippen MR) is 122 cm³/mol. The van der Waals surface area contributed by atoms with Gasteiger partial charge in [-0.25, -0.2) is 0 Å². The maximum Gasteiger partial charge on any atom is 0.258 e. The number of H-pyrrole nitrogens is 1. The molecule has 1 unspecified atom stereocenters. The van der Waals surface area contributed by atoms with E-state index in [1.54, 1.807) is 48.5 Å². The Labute approximate surface area is 188 Å². The molecule has 0 aliphatic carbocycles. The second-order valence-corrected chi connectivity index (χ2v) is 7.43. The quantitative estimate of drug-likeness (QED) is 0.426. The zero-order valence-electron chi connectivity index (χ0n) is 17.9. The summed E-state index contributed by atoms with van der Waals surface area (Å²) in [5.74, 6) is -1.45. The Kier molecular flexibility index (Phi) is 5.90. The van der Waals surface area contributed by atoms with E-state index in [9.17, 15) is 19.2 Å². The number of aromatic nitrogens is 2. The van der Waals surface area contributed by atoms with E-state index < -0.39 is 23.3 Å². The number of amides is 2. The summed E-state index contributed by atoms with van der Waals surface area (Å²) in [6.07, 6.45) is -0.200. The van der Waals surface area contributed by atoms with Crippen LogP contribution in [-0.2, 0) is 9.59 Å². The van der Waals surface area contributed by atoms with Gasteiger partial charge in [0.2, 0.25) is 17.8 Å². The number of hydrogen-bond donors (Lipinski definition) is 4. The average molecular weight is 447 g/mol. The number of para-hydroxylation sites is 2. The first-order valence-corrected chi connectivity index (χ1v) is 10.1. The monoisotopic (exact) mass is 447 g/mol. The molecule has 0 saturated heterocycles. The molecule has 1 aliphatic rings. The minimum Gasteiger partial charge on any atom is -0.495 e. The molecular formula is C23H21N5O5. The fraction of sp³-hybridized carbons (Fsp3) is 0.174. The number of nitrogens with zero attached hydrogens (tertiary/aromatic N) is 1. The lowest BCUT2D eigenvalue weighted by atomic mass is 9.92. The molecular weight excluding hydrogens is 426 g/mol. The van der Waals surface area contributed by atoms with E-state index in [1.807, 2.05) is 0 Å². The molecule has 0 radical (unpaired) electrons. The van der Waals surface area contributed by atoms with Gasteiger partial charge in [-0.15, -0.1) is 0 Å². The molecule has 2 heterocycles. The van der Waals surface area contributed by atoms with E-state index in [0.29, 0.717) is 22.7 Å². The van der Waals surface area contributed by atoms with Gasteiger partial charge in [-0.2, -0.15) is 4.98 Å². The Morgan fingerprint density at radius 3 is 2.52 bits per heavy atom. The van der Waals surface area contributed by atoms with Crippen molar-refractivity contribution in [2.24, 2.45) is 0 Å². The second-order valence-electron chi connectivity index (χ2n) is 7.43. The Hall–Kier alpha value is -4.47. The summed E-state index contributed by atoms with van der Waals surface area (Å²) in [5.41, 5.74) is 1.03. The molecule has 2 amide bonds. The number of nitrogens with one attached hydrogen (secondary N) is 4. The number of carbonyl (C=O) groups is 3. The van der Waals surface area contributed by atoms with Crippen LogP contribution < -0.4 is 26.2 Å². The van der Waals surface area contributed by atoms with Crippen LogP contribution in [0.25, 0.3) is 0 Å². The number of rotatable bonds is 6. The second kappa shape index (κ2) is 8.95. The van der Waals surface area contributed by atoms with Crippen molar-refractivity contribution >= 4 is 40.7 Å². The molecule has 33 heavy (non-hydrogen) atoms. The third-order valence-electron chi connectivity index (χ3n) is 5.19. The van der Waals surface area contributed by atoms with Gasteiger partial charge in [-0.05, 0) is 43.3 Å². The van der Waals surface area contributed by atoms with Crippen molar-refractivity contribution in [2.75, 3.05) is 23.1 Å². The van der Waals surface area contributed by atoms with Gasteiger partial charge in [0.25, 0.3) is 5.56 Å². The van der Waals surface area contributed by atoms with Crippen LogP contribution in [0.3, 0.4) is 0 Å². The van der Waals surface area contributed by atoms with Gasteiger partial charge in [0.15, 0.2) is 5.78 Å². The number of aromatic amines is 1. The number of carbonyl (C=O) groups excluding carboxylic acids is 3. The zero-order chi connectivity index (χ0) is 23.5. The minimum absolute atomic E-state index is 0.0134. The van der Waals surface area contributed by atoms with Crippen LogP contribution in [0.2, 0.25) is 0 Å². The molecule has 0 spiro atoms. The lowest BCUT2D eigenvalue weighted by Gasteiger charge is -2.23. The van der Waals surface area contributed by atoms with E-state index in [-0.39, 0.29) is 29.5 Å². The number of benzene rings is 2. The smallest absolute Gasteiger partial charge is 0.258 e. The Bertz CT molecular complexity index is 1300.